The Bertz CT molecular complexity index is 419. The highest BCUT2D eigenvalue weighted by Gasteiger charge is 2.00. The van der Waals surface area contributed by atoms with Gasteiger partial charge in [0.25, 0.3) is 0 Å². The molecule has 0 aliphatic rings. The SMILES string of the molecule is Sc1ccccc1Oc1cnccn1. The fraction of sp³-hybridized carbons (Fsp3) is 0. The third kappa shape index (κ3) is 2.03. The van der Waals surface area contributed by atoms with E-state index in [2.05, 4.69) is 22.6 Å². The van der Waals surface area contributed by atoms with Gasteiger partial charge in [0.05, 0.1) is 6.20 Å². The fourth-order valence-corrected chi connectivity index (χ4v) is 1.20. The lowest BCUT2D eigenvalue weighted by Gasteiger charge is -2.05. The van der Waals surface area contributed by atoms with Gasteiger partial charge in [0.2, 0.25) is 5.88 Å². The highest BCUT2D eigenvalue weighted by atomic mass is 32.1. The van der Waals surface area contributed by atoms with Gasteiger partial charge in [-0.2, -0.15) is 0 Å². The molecule has 0 saturated carbocycles. The molecule has 2 aromatic rings. The molecule has 14 heavy (non-hydrogen) atoms. The van der Waals surface area contributed by atoms with Crippen molar-refractivity contribution in [3.63, 3.8) is 0 Å². The lowest BCUT2D eigenvalue weighted by atomic mass is 10.3. The van der Waals surface area contributed by atoms with E-state index in [4.69, 9.17) is 4.74 Å². The first-order chi connectivity index (χ1) is 6.86. The van der Waals surface area contributed by atoms with Crippen molar-refractivity contribution in [2.45, 2.75) is 4.90 Å². The molecule has 0 unspecified atom stereocenters. The second-order valence-corrected chi connectivity index (χ2v) is 3.10. The average Bonchev–Trinajstić information content (AvgIpc) is 2.23. The van der Waals surface area contributed by atoms with E-state index in [0.29, 0.717) is 11.6 Å². The van der Waals surface area contributed by atoms with Crippen molar-refractivity contribution in [1.29, 1.82) is 0 Å². The van der Waals surface area contributed by atoms with Crippen LogP contribution in [0.5, 0.6) is 11.6 Å². The molecule has 1 aromatic carbocycles. The summed E-state index contributed by atoms with van der Waals surface area (Å²) in [5, 5.41) is 0. The van der Waals surface area contributed by atoms with Crippen molar-refractivity contribution in [2.24, 2.45) is 0 Å². The maximum absolute atomic E-state index is 5.46. The predicted octanol–water partition coefficient (Wildman–Crippen LogP) is 2.56. The Labute approximate surface area is 87.2 Å². The largest absolute Gasteiger partial charge is 0.436 e. The minimum absolute atomic E-state index is 0.467. The maximum atomic E-state index is 5.46. The first kappa shape index (κ1) is 9.02. The van der Waals surface area contributed by atoms with Crippen LogP contribution in [-0.4, -0.2) is 9.97 Å². The summed E-state index contributed by atoms with van der Waals surface area (Å²) in [4.78, 5) is 8.67. The molecule has 0 N–H and O–H groups in total. The Morgan fingerprint density at radius 3 is 2.71 bits per heavy atom. The number of para-hydroxylation sites is 1. The van der Waals surface area contributed by atoms with Crippen LogP contribution in [0.3, 0.4) is 0 Å². The molecule has 0 saturated heterocycles. The summed E-state index contributed by atoms with van der Waals surface area (Å²) in [7, 11) is 0. The monoisotopic (exact) mass is 204 g/mol. The van der Waals surface area contributed by atoms with E-state index in [1.807, 2.05) is 24.3 Å². The number of ether oxygens (including phenoxy) is 1. The van der Waals surface area contributed by atoms with Gasteiger partial charge in [-0.1, -0.05) is 12.1 Å². The van der Waals surface area contributed by atoms with E-state index in [-0.39, 0.29) is 0 Å². The molecule has 70 valence electrons. The maximum Gasteiger partial charge on any atom is 0.237 e. The Morgan fingerprint density at radius 2 is 2.00 bits per heavy atom. The molecule has 4 heteroatoms. The summed E-state index contributed by atoms with van der Waals surface area (Å²) in [5.41, 5.74) is 0. The molecule has 0 bridgehead atoms. The summed E-state index contributed by atoms with van der Waals surface area (Å²) in [6, 6.07) is 7.46. The summed E-state index contributed by atoms with van der Waals surface area (Å²) >= 11 is 4.25. The number of aromatic nitrogens is 2. The lowest BCUT2D eigenvalue weighted by molar-refractivity contribution is 0.450. The Hall–Kier alpha value is -1.55. The van der Waals surface area contributed by atoms with Crippen LogP contribution in [0, 0.1) is 0 Å². The Balaban J connectivity index is 2.24. The summed E-state index contributed by atoms with van der Waals surface area (Å²) < 4.78 is 5.46. The molecule has 0 radical (unpaired) electrons. The summed E-state index contributed by atoms with van der Waals surface area (Å²) in [6.45, 7) is 0. The number of rotatable bonds is 2. The zero-order chi connectivity index (χ0) is 9.80. The van der Waals surface area contributed by atoms with Gasteiger partial charge in [0.1, 0.15) is 5.75 Å². The smallest absolute Gasteiger partial charge is 0.237 e. The van der Waals surface area contributed by atoms with Crippen molar-refractivity contribution < 1.29 is 4.74 Å². The number of hydrogen-bond acceptors (Lipinski definition) is 4. The third-order valence-corrected chi connectivity index (χ3v) is 1.99. The lowest BCUT2D eigenvalue weighted by Crippen LogP contribution is -1.88. The molecule has 1 aromatic heterocycles. The number of hydrogen-bond donors (Lipinski definition) is 1. The Morgan fingerprint density at radius 1 is 1.14 bits per heavy atom. The molecular weight excluding hydrogens is 196 g/mol. The fourth-order valence-electron chi connectivity index (χ4n) is 0.994. The minimum Gasteiger partial charge on any atom is -0.436 e. The van der Waals surface area contributed by atoms with Crippen LogP contribution < -0.4 is 4.74 Å². The highest BCUT2D eigenvalue weighted by molar-refractivity contribution is 7.80. The van der Waals surface area contributed by atoms with Crippen molar-refractivity contribution >= 4 is 12.6 Å². The van der Waals surface area contributed by atoms with Crippen LogP contribution >= 0.6 is 12.6 Å². The van der Waals surface area contributed by atoms with Gasteiger partial charge in [-0.15, -0.1) is 12.6 Å². The van der Waals surface area contributed by atoms with Crippen molar-refractivity contribution in [3.8, 4) is 11.6 Å². The second kappa shape index (κ2) is 4.11. The normalized spacial score (nSPS) is 9.79. The van der Waals surface area contributed by atoms with Crippen molar-refractivity contribution in [2.75, 3.05) is 0 Å². The van der Waals surface area contributed by atoms with Crippen LogP contribution in [0.4, 0.5) is 0 Å². The number of thiol groups is 1. The van der Waals surface area contributed by atoms with Crippen LogP contribution in [0.2, 0.25) is 0 Å². The van der Waals surface area contributed by atoms with E-state index < -0.39 is 0 Å². The molecule has 0 fully saturated rings. The van der Waals surface area contributed by atoms with E-state index in [1.54, 1.807) is 18.6 Å². The number of benzene rings is 1. The Kier molecular flexibility index (Phi) is 2.65. The quantitative estimate of drug-likeness (QED) is 0.763. The summed E-state index contributed by atoms with van der Waals surface area (Å²) in [5.74, 6) is 1.14. The second-order valence-electron chi connectivity index (χ2n) is 2.61. The average molecular weight is 204 g/mol. The minimum atomic E-state index is 0.467. The zero-order valence-corrected chi connectivity index (χ0v) is 8.19. The standard InChI is InChI=1S/C10H8N2OS/c14-9-4-2-1-3-8(9)13-10-7-11-5-6-12-10/h1-7,14H. The molecule has 2 rings (SSSR count). The molecular formula is C10H8N2OS. The van der Waals surface area contributed by atoms with Crippen LogP contribution in [0.1, 0.15) is 0 Å². The van der Waals surface area contributed by atoms with Gasteiger partial charge in [-0.25, -0.2) is 4.98 Å². The molecule has 0 aliphatic carbocycles. The van der Waals surface area contributed by atoms with E-state index >= 15 is 0 Å². The first-order valence-electron chi connectivity index (χ1n) is 4.08. The van der Waals surface area contributed by atoms with Gasteiger partial charge in [-0.3, -0.25) is 4.98 Å². The molecule has 0 aliphatic heterocycles. The molecule has 3 nitrogen and oxygen atoms in total. The van der Waals surface area contributed by atoms with Gasteiger partial charge in [0.15, 0.2) is 0 Å². The summed E-state index contributed by atoms with van der Waals surface area (Å²) in [6.07, 6.45) is 4.73. The topological polar surface area (TPSA) is 35.0 Å². The first-order valence-corrected chi connectivity index (χ1v) is 4.53. The molecule has 0 amide bonds. The zero-order valence-electron chi connectivity index (χ0n) is 7.29. The van der Waals surface area contributed by atoms with Crippen LogP contribution in [0.25, 0.3) is 0 Å². The third-order valence-electron chi connectivity index (χ3n) is 1.62. The van der Waals surface area contributed by atoms with Gasteiger partial charge in [0, 0.05) is 17.3 Å². The predicted molar refractivity (Wildman–Crippen MR) is 55.8 cm³/mol. The highest BCUT2D eigenvalue weighted by Crippen LogP contribution is 2.25. The van der Waals surface area contributed by atoms with Crippen LogP contribution in [-0.2, 0) is 0 Å². The molecule has 0 spiro atoms. The van der Waals surface area contributed by atoms with Crippen molar-refractivity contribution in [3.05, 3.63) is 42.9 Å². The molecule has 0 atom stereocenters. The van der Waals surface area contributed by atoms with Gasteiger partial charge in [-0.05, 0) is 12.1 Å². The van der Waals surface area contributed by atoms with Gasteiger partial charge < -0.3 is 4.74 Å². The van der Waals surface area contributed by atoms with Crippen molar-refractivity contribution in [1.82, 2.24) is 9.97 Å². The number of nitrogens with zero attached hydrogens (tertiary/aromatic N) is 2. The van der Waals surface area contributed by atoms with E-state index in [0.717, 1.165) is 4.90 Å². The van der Waals surface area contributed by atoms with Crippen LogP contribution in [0.15, 0.2) is 47.8 Å². The van der Waals surface area contributed by atoms with Gasteiger partial charge >= 0.3 is 0 Å². The van der Waals surface area contributed by atoms with E-state index in [1.165, 1.54) is 0 Å². The molecule has 1 heterocycles. The van der Waals surface area contributed by atoms with E-state index in [9.17, 15) is 0 Å².